The third-order valence-electron chi connectivity index (χ3n) is 2.24. The number of para-hydroxylation sites is 1. The van der Waals surface area contributed by atoms with E-state index in [9.17, 15) is 0 Å². The Balaban J connectivity index is 2.80. The monoisotopic (exact) mass is 217 g/mol. The van der Waals surface area contributed by atoms with E-state index in [-0.39, 0.29) is 0 Å². The molecule has 0 saturated carbocycles. The molecule has 15 heavy (non-hydrogen) atoms. The number of thiocarbonyl (C=S) groups is 1. The highest BCUT2D eigenvalue weighted by Gasteiger charge is 2.06. The Kier molecular flexibility index (Phi) is 2.51. The zero-order valence-electron chi connectivity index (χ0n) is 8.32. The van der Waals surface area contributed by atoms with Crippen LogP contribution in [0.1, 0.15) is 5.56 Å². The van der Waals surface area contributed by atoms with E-state index in [2.05, 4.69) is 10.3 Å². The molecule has 3 N–H and O–H groups in total. The topological polar surface area (TPSA) is 50.9 Å². The molecule has 1 aromatic carbocycles. The summed E-state index contributed by atoms with van der Waals surface area (Å²) in [5.41, 5.74) is 7.44. The van der Waals surface area contributed by atoms with Gasteiger partial charge in [-0.1, -0.05) is 30.4 Å². The molecule has 0 saturated heterocycles. The number of hydrogen-bond acceptors (Lipinski definition) is 3. The van der Waals surface area contributed by atoms with Crippen LogP contribution in [0.3, 0.4) is 0 Å². The van der Waals surface area contributed by atoms with Crippen LogP contribution < -0.4 is 11.1 Å². The SMILES string of the molecule is CNc1cc(C(N)=S)c2ccccc2n1. The van der Waals surface area contributed by atoms with E-state index in [4.69, 9.17) is 18.0 Å². The quantitative estimate of drug-likeness (QED) is 0.754. The van der Waals surface area contributed by atoms with Crippen LogP contribution in [0.25, 0.3) is 10.9 Å². The number of nitrogens with zero attached hydrogens (tertiary/aromatic N) is 1. The van der Waals surface area contributed by atoms with Gasteiger partial charge in [-0.15, -0.1) is 0 Å². The summed E-state index contributed by atoms with van der Waals surface area (Å²) >= 11 is 5.02. The minimum absolute atomic E-state index is 0.394. The lowest BCUT2D eigenvalue weighted by Gasteiger charge is -2.07. The Morgan fingerprint density at radius 1 is 1.40 bits per heavy atom. The van der Waals surface area contributed by atoms with Crippen molar-refractivity contribution in [2.45, 2.75) is 0 Å². The fourth-order valence-electron chi connectivity index (χ4n) is 1.51. The van der Waals surface area contributed by atoms with Crippen LogP contribution in [0, 0.1) is 0 Å². The summed E-state index contributed by atoms with van der Waals surface area (Å²) in [6, 6.07) is 9.67. The maximum absolute atomic E-state index is 5.68. The molecule has 2 aromatic rings. The van der Waals surface area contributed by atoms with Crippen LogP contribution in [0.4, 0.5) is 5.82 Å². The van der Waals surface area contributed by atoms with E-state index < -0.39 is 0 Å². The lowest BCUT2D eigenvalue weighted by Crippen LogP contribution is -2.11. The van der Waals surface area contributed by atoms with Crippen LogP contribution in [-0.4, -0.2) is 17.0 Å². The molecule has 0 spiro atoms. The minimum atomic E-state index is 0.394. The van der Waals surface area contributed by atoms with Gasteiger partial charge in [0.05, 0.1) is 5.52 Å². The second-order valence-corrected chi connectivity index (χ2v) is 3.63. The molecular weight excluding hydrogens is 206 g/mol. The number of nitrogens with two attached hydrogens (primary N) is 1. The molecule has 0 aliphatic heterocycles. The van der Waals surface area contributed by atoms with Crippen molar-refractivity contribution in [2.75, 3.05) is 12.4 Å². The van der Waals surface area contributed by atoms with Gasteiger partial charge >= 0.3 is 0 Å². The molecule has 1 heterocycles. The Morgan fingerprint density at radius 2 is 2.13 bits per heavy atom. The highest BCUT2D eigenvalue weighted by molar-refractivity contribution is 7.80. The summed E-state index contributed by atoms with van der Waals surface area (Å²) in [6.07, 6.45) is 0. The van der Waals surface area contributed by atoms with Crippen LogP contribution in [0.15, 0.2) is 30.3 Å². The number of aromatic nitrogens is 1. The van der Waals surface area contributed by atoms with Crippen molar-refractivity contribution in [3.05, 3.63) is 35.9 Å². The van der Waals surface area contributed by atoms with Gasteiger partial charge in [0.2, 0.25) is 0 Å². The van der Waals surface area contributed by atoms with Crippen molar-refractivity contribution >= 4 is 33.9 Å². The second kappa shape index (κ2) is 3.82. The number of benzene rings is 1. The average molecular weight is 217 g/mol. The first kappa shape index (κ1) is 9.86. The van der Waals surface area contributed by atoms with Gasteiger partial charge in [0.15, 0.2) is 0 Å². The number of hydrogen-bond donors (Lipinski definition) is 2. The highest BCUT2D eigenvalue weighted by atomic mass is 32.1. The van der Waals surface area contributed by atoms with Crippen molar-refractivity contribution < 1.29 is 0 Å². The van der Waals surface area contributed by atoms with E-state index in [0.29, 0.717) is 4.99 Å². The molecule has 0 aliphatic carbocycles. The third kappa shape index (κ3) is 1.76. The average Bonchev–Trinajstić information content (AvgIpc) is 2.27. The van der Waals surface area contributed by atoms with E-state index in [1.54, 1.807) is 0 Å². The lowest BCUT2D eigenvalue weighted by molar-refractivity contribution is 1.34. The standard InChI is InChI=1S/C11H11N3S/c1-13-10-6-8(11(12)15)7-4-2-3-5-9(7)14-10/h2-6H,1H3,(H2,12,15)(H,13,14). The molecule has 0 atom stereocenters. The van der Waals surface area contributed by atoms with Crippen LogP contribution in [-0.2, 0) is 0 Å². The first-order valence-corrected chi connectivity index (χ1v) is 5.00. The summed E-state index contributed by atoms with van der Waals surface area (Å²) in [5, 5.41) is 3.98. The molecule has 0 unspecified atom stereocenters. The van der Waals surface area contributed by atoms with Crippen LogP contribution in [0.5, 0.6) is 0 Å². The largest absolute Gasteiger partial charge is 0.389 e. The first-order chi connectivity index (χ1) is 7.22. The highest BCUT2D eigenvalue weighted by Crippen LogP contribution is 2.20. The van der Waals surface area contributed by atoms with Crippen molar-refractivity contribution in [1.82, 2.24) is 4.98 Å². The van der Waals surface area contributed by atoms with Crippen LogP contribution in [0.2, 0.25) is 0 Å². The van der Waals surface area contributed by atoms with E-state index in [1.165, 1.54) is 0 Å². The summed E-state index contributed by atoms with van der Waals surface area (Å²) in [4.78, 5) is 4.80. The van der Waals surface area contributed by atoms with Gasteiger partial charge in [-0.2, -0.15) is 0 Å². The van der Waals surface area contributed by atoms with E-state index in [0.717, 1.165) is 22.3 Å². The van der Waals surface area contributed by atoms with Crippen molar-refractivity contribution in [3.63, 3.8) is 0 Å². The maximum atomic E-state index is 5.68. The predicted molar refractivity (Wildman–Crippen MR) is 67.2 cm³/mol. The molecular formula is C11H11N3S. The van der Waals surface area contributed by atoms with Gasteiger partial charge in [-0.25, -0.2) is 4.98 Å². The maximum Gasteiger partial charge on any atom is 0.127 e. The Hall–Kier alpha value is -1.68. The Morgan fingerprint density at radius 3 is 2.80 bits per heavy atom. The number of rotatable bonds is 2. The molecule has 0 amide bonds. The molecule has 0 fully saturated rings. The third-order valence-corrected chi connectivity index (χ3v) is 2.46. The van der Waals surface area contributed by atoms with Gasteiger partial charge in [-0.3, -0.25) is 0 Å². The summed E-state index contributed by atoms with van der Waals surface area (Å²) in [7, 11) is 1.82. The zero-order chi connectivity index (χ0) is 10.8. The zero-order valence-corrected chi connectivity index (χ0v) is 9.14. The molecule has 0 bridgehead atoms. The number of anilines is 1. The molecule has 0 radical (unpaired) electrons. The molecule has 76 valence electrons. The van der Waals surface area contributed by atoms with Crippen molar-refractivity contribution in [2.24, 2.45) is 5.73 Å². The summed E-state index contributed by atoms with van der Waals surface area (Å²) in [5.74, 6) is 0.775. The molecule has 2 rings (SSSR count). The predicted octanol–water partition coefficient (Wildman–Crippen LogP) is 1.91. The molecule has 0 aliphatic rings. The smallest absolute Gasteiger partial charge is 0.127 e. The summed E-state index contributed by atoms with van der Waals surface area (Å²) < 4.78 is 0. The Bertz CT molecular complexity index is 522. The number of nitrogens with one attached hydrogen (secondary N) is 1. The van der Waals surface area contributed by atoms with Gasteiger partial charge in [0.1, 0.15) is 10.8 Å². The number of fused-ring (bicyclic) bond motifs is 1. The van der Waals surface area contributed by atoms with E-state index in [1.807, 2.05) is 37.4 Å². The van der Waals surface area contributed by atoms with E-state index >= 15 is 0 Å². The van der Waals surface area contributed by atoms with Crippen LogP contribution >= 0.6 is 12.2 Å². The minimum Gasteiger partial charge on any atom is -0.389 e. The normalized spacial score (nSPS) is 10.2. The fraction of sp³-hybridized carbons (Fsp3) is 0.0909. The number of pyridine rings is 1. The summed E-state index contributed by atoms with van der Waals surface area (Å²) in [6.45, 7) is 0. The van der Waals surface area contributed by atoms with Crippen molar-refractivity contribution in [3.8, 4) is 0 Å². The van der Waals surface area contributed by atoms with Gasteiger partial charge in [0.25, 0.3) is 0 Å². The van der Waals surface area contributed by atoms with Gasteiger partial charge < -0.3 is 11.1 Å². The molecule has 4 heteroatoms. The Labute approximate surface area is 93.3 Å². The van der Waals surface area contributed by atoms with Gasteiger partial charge in [-0.05, 0) is 12.1 Å². The first-order valence-electron chi connectivity index (χ1n) is 4.59. The fourth-order valence-corrected chi connectivity index (χ4v) is 1.68. The molecule has 1 aromatic heterocycles. The second-order valence-electron chi connectivity index (χ2n) is 3.19. The molecule has 3 nitrogen and oxygen atoms in total. The van der Waals surface area contributed by atoms with Crippen molar-refractivity contribution in [1.29, 1.82) is 0 Å². The lowest BCUT2D eigenvalue weighted by atomic mass is 10.1. The van der Waals surface area contributed by atoms with Gasteiger partial charge in [0, 0.05) is 18.0 Å².